The van der Waals surface area contributed by atoms with Crippen molar-refractivity contribution in [3.8, 4) is 0 Å². The van der Waals surface area contributed by atoms with E-state index in [2.05, 4.69) is 21.4 Å². The van der Waals surface area contributed by atoms with Crippen LogP contribution in [0.1, 0.15) is 17.2 Å². The summed E-state index contributed by atoms with van der Waals surface area (Å²) in [6.07, 6.45) is 0.593. The van der Waals surface area contributed by atoms with Crippen LogP contribution < -0.4 is 11.3 Å². The second-order valence-corrected chi connectivity index (χ2v) is 6.00. The summed E-state index contributed by atoms with van der Waals surface area (Å²) in [5.41, 5.74) is 4.60. The lowest BCUT2D eigenvalue weighted by Crippen LogP contribution is -2.29. The number of hydrazine groups is 1. The molecular formula is C14H12BrCl2FN2. The molecule has 0 radical (unpaired) electrons. The Morgan fingerprint density at radius 2 is 1.90 bits per heavy atom. The highest BCUT2D eigenvalue weighted by atomic mass is 79.9. The molecule has 0 amide bonds. The SMILES string of the molecule is NNC(Cc1ccc(F)cc1Br)c1ccc(Cl)c(Cl)c1. The van der Waals surface area contributed by atoms with Crippen LogP contribution in [0, 0.1) is 5.82 Å². The van der Waals surface area contributed by atoms with Crippen molar-refractivity contribution in [1.29, 1.82) is 0 Å². The van der Waals surface area contributed by atoms with Crippen molar-refractivity contribution in [3.05, 3.63) is 67.9 Å². The molecule has 2 nitrogen and oxygen atoms in total. The molecule has 0 fully saturated rings. The van der Waals surface area contributed by atoms with Gasteiger partial charge in [-0.2, -0.15) is 0 Å². The number of benzene rings is 2. The van der Waals surface area contributed by atoms with Gasteiger partial charge in [0, 0.05) is 4.47 Å². The van der Waals surface area contributed by atoms with E-state index in [1.54, 1.807) is 18.2 Å². The summed E-state index contributed by atoms with van der Waals surface area (Å²) in [7, 11) is 0. The fourth-order valence-electron chi connectivity index (χ4n) is 1.91. The molecule has 1 unspecified atom stereocenters. The van der Waals surface area contributed by atoms with E-state index in [0.29, 0.717) is 20.9 Å². The van der Waals surface area contributed by atoms with Crippen LogP contribution in [-0.2, 0) is 6.42 Å². The Morgan fingerprint density at radius 3 is 2.50 bits per heavy atom. The number of hydrogen-bond acceptors (Lipinski definition) is 2. The van der Waals surface area contributed by atoms with E-state index >= 15 is 0 Å². The Kier molecular flexibility index (Phi) is 5.41. The lowest BCUT2D eigenvalue weighted by molar-refractivity contribution is 0.550. The van der Waals surface area contributed by atoms with E-state index in [9.17, 15) is 4.39 Å². The number of hydrogen-bond donors (Lipinski definition) is 2. The third-order valence-electron chi connectivity index (χ3n) is 2.99. The minimum atomic E-state index is -0.285. The summed E-state index contributed by atoms with van der Waals surface area (Å²) >= 11 is 15.3. The van der Waals surface area contributed by atoms with Gasteiger partial charge in [0.1, 0.15) is 5.82 Å². The van der Waals surface area contributed by atoms with Crippen LogP contribution in [0.5, 0.6) is 0 Å². The van der Waals surface area contributed by atoms with Crippen molar-refractivity contribution in [2.24, 2.45) is 5.84 Å². The van der Waals surface area contributed by atoms with Crippen LogP contribution in [0.4, 0.5) is 4.39 Å². The molecule has 3 N–H and O–H groups in total. The fraction of sp³-hybridized carbons (Fsp3) is 0.143. The van der Waals surface area contributed by atoms with Crippen LogP contribution in [-0.4, -0.2) is 0 Å². The number of nitrogens with one attached hydrogen (secondary N) is 1. The van der Waals surface area contributed by atoms with Crippen molar-refractivity contribution in [3.63, 3.8) is 0 Å². The van der Waals surface area contributed by atoms with Gasteiger partial charge in [-0.3, -0.25) is 11.3 Å². The van der Waals surface area contributed by atoms with Crippen molar-refractivity contribution < 1.29 is 4.39 Å². The van der Waals surface area contributed by atoms with E-state index in [4.69, 9.17) is 29.0 Å². The lowest BCUT2D eigenvalue weighted by Gasteiger charge is -2.18. The summed E-state index contributed by atoms with van der Waals surface area (Å²) < 4.78 is 13.8. The highest BCUT2D eigenvalue weighted by Crippen LogP contribution is 2.28. The van der Waals surface area contributed by atoms with Crippen LogP contribution in [0.25, 0.3) is 0 Å². The zero-order valence-electron chi connectivity index (χ0n) is 10.3. The number of nitrogens with two attached hydrogens (primary N) is 1. The van der Waals surface area contributed by atoms with Crippen molar-refractivity contribution in [2.75, 3.05) is 0 Å². The maximum absolute atomic E-state index is 13.1. The van der Waals surface area contributed by atoms with Crippen LogP contribution in [0.2, 0.25) is 10.0 Å². The first-order chi connectivity index (χ1) is 9.51. The Morgan fingerprint density at radius 1 is 1.15 bits per heavy atom. The molecule has 0 aliphatic carbocycles. The average molecular weight is 378 g/mol. The highest BCUT2D eigenvalue weighted by molar-refractivity contribution is 9.10. The molecule has 0 bridgehead atoms. The predicted molar refractivity (Wildman–Crippen MR) is 84.3 cm³/mol. The molecule has 6 heteroatoms. The largest absolute Gasteiger partial charge is 0.271 e. The Bertz CT molecular complexity index is 622. The van der Waals surface area contributed by atoms with Gasteiger partial charge in [0.2, 0.25) is 0 Å². The standard InChI is InChI=1S/C14H12BrCl2FN2/c15-11-7-10(18)3-1-8(11)6-14(20-19)9-2-4-12(16)13(17)5-9/h1-5,7,14,20H,6,19H2. The van der Waals surface area contributed by atoms with E-state index in [0.717, 1.165) is 11.1 Å². The van der Waals surface area contributed by atoms with Gasteiger partial charge in [0.05, 0.1) is 16.1 Å². The maximum Gasteiger partial charge on any atom is 0.124 e. The smallest absolute Gasteiger partial charge is 0.124 e. The van der Waals surface area contributed by atoms with E-state index in [1.165, 1.54) is 12.1 Å². The zero-order chi connectivity index (χ0) is 14.7. The second kappa shape index (κ2) is 6.87. The molecule has 0 aliphatic heterocycles. The fourth-order valence-corrected chi connectivity index (χ4v) is 2.73. The molecule has 0 spiro atoms. The molecule has 0 saturated carbocycles. The molecule has 0 aliphatic rings. The normalized spacial score (nSPS) is 12.4. The molecule has 0 heterocycles. The van der Waals surface area contributed by atoms with Gasteiger partial charge in [0.25, 0.3) is 0 Å². The van der Waals surface area contributed by atoms with Gasteiger partial charge in [-0.25, -0.2) is 4.39 Å². The van der Waals surface area contributed by atoms with Crippen molar-refractivity contribution >= 4 is 39.1 Å². The molecule has 1 atom stereocenters. The topological polar surface area (TPSA) is 38.0 Å². The summed E-state index contributed by atoms with van der Waals surface area (Å²) in [6.45, 7) is 0. The quantitative estimate of drug-likeness (QED) is 0.601. The minimum Gasteiger partial charge on any atom is -0.271 e. The van der Waals surface area contributed by atoms with Crippen LogP contribution in [0.3, 0.4) is 0 Å². The summed E-state index contributed by atoms with van der Waals surface area (Å²) in [5.74, 6) is 5.32. The Balaban J connectivity index is 2.26. The molecule has 106 valence electrons. The minimum absolute atomic E-state index is 0.147. The third kappa shape index (κ3) is 3.71. The van der Waals surface area contributed by atoms with Gasteiger partial charge in [-0.15, -0.1) is 0 Å². The molecule has 2 aromatic carbocycles. The van der Waals surface area contributed by atoms with Gasteiger partial charge in [-0.05, 0) is 41.8 Å². The van der Waals surface area contributed by atoms with Crippen molar-refractivity contribution in [2.45, 2.75) is 12.5 Å². The molecule has 2 aromatic rings. The van der Waals surface area contributed by atoms with Crippen molar-refractivity contribution in [1.82, 2.24) is 5.43 Å². The summed E-state index contributed by atoms with van der Waals surface area (Å²) in [6, 6.07) is 9.78. The number of halogens is 4. The van der Waals surface area contributed by atoms with Gasteiger partial charge < -0.3 is 0 Å². The van der Waals surface area contributed by atoms with Gasteiger partial charge in [0.15, 0.2) is 0 Å². The third-order valence-corrected chi connectivity index (χ3v) is 4.46. The van der Waals surface area contributed by atoms with E-state index in [1.807, 2.05) is 6.07 Å². The van der Waals surface area contributed by atoms with Crippen LogP contribution >= 0.6 is 39.1 Å². The van der Waals surface area contributed by atoms with Gasteiger partial charge >= 0.3 is 0 Å². The zero-order valence-corrected chi connectivity index (χ0v) is 13.4. The first kappa shape index (κ1) is 15.7. The van der Waals surface area contributed by atoms with E-state index in [-0.39, 0.29) is 11.9 Å². The second-order valence-electron chi connectivity index (χ2n) is 4.33. The van der Waals surface area contributed by atoms with E-state index < -0.39 is 0 Å². The first-order valence-corrected chi connectivity index (χ1v) is 7.41. The van der Waals surface area contributed by atoms with Gasteiger partial charge in [-0.1, -0.05) is 51.3 Å². The lowest BCUT2D eigenvalue weighted by atomic mass is 9.99. The maximum atomic E-state index is 13.1. The monoisotopic (exact) mass is 376 g/mol. The molecule has 2 rings (SSSR count). The Labute approximate surface area is 135 Å². The first-order valence-electron chi connectivity index (χ1n) is 5.86. The predicted octanol–water partition coefficient (Wildman–Crippen LogP) is 4.64. The molecule has 20 heavy (non-hydrogen) atoms. The number of rotatable bonds is 4. The average Bonchev–Trinajstić information content (AvgIpc) is 2.41. The molecular weight excluding hydrogens is 366 g/mol. The highest BCUT2D eigenvalue weighted by Gasteiger charge is 2.14. The molecule has 0 aromatic heterocycles. The van der Waals surface area contributed by atoms with Crippen LogP contribution in [0.15, 0.2) is 40.9 Å². The Hall–Kier alpha value is -0.650. The molecule has 0 saturated heterocycles. The summed E-state index contributed by atoms with van der Waals surface area (Å²) in [4.78, 5) is 0. The summed E-state index contributed by atoms with van der Waals surface area (Å²) in [5, 5.41) is 0.969.